The highest BCUT2D eigenvalue weighted by molar-refractivity contribution is 6.01. The second-order valence-corrected chi connectivity index (χ2v) is 7.06. The van der Waals surface area contributed by atoms with Crippen LogP contribution in [-0.2, 0) is 13.1 Å². The summed E-state index contributed by atoms with van der Waals surface area (Å²) < 4.78 is 0. The highest BCUT2D eigenvalue weighted by Gasteiger charge is 2.23. The van der Waals surface area contributed by atoms with Gasteiger partial charge in [0.15, 0.2) is 0 Å². The summed E-state index contributed by atoms with van der Waals surface area (Å²) in [6.07, 6.45) is 1.92. The number of benzene rings is 2. The normalized spacial score (nSPS) is 17.6. The Morgan fingerprint density at radius 3 is 2.65 bits per heavy atom. The summed E-state index contributed by atoms with van der Waals surface area (Å²) in [6, 6.07) is 16.0. The van der Waals surface area contributed by atoms with Crippen LogP contribution in [0.4, 0.5) is 0 Å². The molecule has 0 spiro atoms. The molecule has 0 aromatic heterocycles. The minimum atomic E-state index is -0.0576. The lowest BCUT2D eigenvalue weighted by atomic mass is 10.0. The SMILES string of the molecule is O=C(NC1CCN(Cc2ccccc2)CC1)c1ccc2c(c1)CNC2=O. The Bertz CT molecular complexity index is 811. The Balaban J connectivity index is 1.30. The summed E-state index contributed by atoms with van der Waals surface area (Å²) in [4.78, 5) is 26.6. The molecule has 26 heavy (non-hydrogen) atoms. The molecule has 2 aromatic carbocycles. The summed E-state index contributed by atoms with van der Waals surface area (Å²) in [5.41, 5.74) is 3.54. The molecule has 134 valence electrons. The van der Waals surface area contributed by atoms with Crippen LogP contribution in [0.25, 0.3) is 0 Å². The quantitative estimate of drug-likeness (QED) is 0.891. The number of carbonyl (C=O) groups is 2. The number of amides is 2. The number of nitrogens with one attached hydrogen (secondary N) is 2. The number of piperidine rings is 1. The molecular formula is C21H23N3O2. The number of hydrogen-bond acceptors (Lipinski definition) is 3. The van der Waals surface area contributed by atoms with Gasteiger partial charge in [0.25, 0.3) is 11.8 Å². The average molecular weight is 349 g/mol. The lowest BCUT2D eigenvalue weighted by Crippen LogP contribution is -2.44. The molecule has 4 rings (SSSR count). The number of hydrogen-bond donors (Lipinski definition) is 2. The Hall–Kier alpha value is -2.66. The van der Waals surface area contributed by atoms with Crippen LogP contribution in [0.5, 0.6) is 0 Å². The molecule has 2 aromatic rings. The van der Waals surface area contributed by atoms with Crippen LogP contribution in [-0.4, -0.2) is 35.8 Å². The van der Waals surface area contributed by atoms with Gasteiger partial charge in [0.2, 0.25) is 0 Å². The first-order valence-corrected chi connectivity index (χ1v) is 9.17. The first-order chi connectivity index (χ1) is 12.7. The molecule has 5 heteroatoms. The minimum absolute atomic E-state index is 0.0475. The first kappa shape index (κ1) is 16.8. The molecule has 0 bridgehead atoms. The van der Waals surface area contributed by atoms with Crippen LogP contribution in [0.3, 0.4) is 0 Å². The smallest absolute Gasteiger partial charge is 0.251 e. The van der Waals surface area contributed by atoms with E-state index in [1.807, 2.05) is 12.1 Å². The van der Waals surface area contributed by atoms with Gasteiger partial charge in [0, 0.05) is 43.3 Å². The van der Waals surface area contributed by atoms with Gasteiger partial charge in [0.05, 0.1) is 0 Å². The predicted molar refractivity (Wildman–Crippen MR) is 99.8 cm³/mol. The Morgan fingerprint density at radius 1 is 1.12 bits per heavy atom. The van der Waals surface area contributed by atoms with Crippen LogP contribution in [0.2, 0.25) is 0 Å². The predicted octanol–water partition coefficient (Wildman–Crippen LogP) is 2.32. The molecule has 0 unspecified atom stereocenters. The average Bonchev–Trinajstić information content (AvgIpc) is 3.04. The van der Waals surface area contributed by atoms with Crippen LogP contribution >= 0.6 is 0 Å². The van der Waals surface area contributed by atoms with Crippen LogP contribution in [0.1, 0.15) is 44.7 Å². The molecule has 2 aliphatic heterocycles. The summed E-state index contributed by atoms with van der Waals surface area (Å²) in [5, 5.41) is 5.93. The van der Waals surface area contributed by atoms with Gasteiger partial charge in [-0.1, -0.05) is 30.3 Å². The standard InChI is InChI=1S/C21H23N3O2/c25-20(16-6-7-19-17(12-16)13-22-21(19)26)23-18-8-10-24(11-9-18)14-15-4-2-1-3-5-15/h1-7,12,18H,8-11,13-14H2,(H,22,26)(H,23,25). The van der Waals surface area contributed by atoms with E-state index < -0.39 is 0 Å². The second kappa shape index (κ2) is 7.30. The Labute approximate surface area is 153 Å². The summed E-state index contributed by atoms with van der Waals surface area (Å²) >= 11 is 0. The van der Waals surface area contributed by atoms with E-state index in [1.54, 1.807) is 12.1 Å². The van der Waals surface area contributed by atoms with E-state index in [4.69, 9.17) is 0 Å². The zero-order valence-corrected chi connectivity index (χ0v) is 14.7. The van der Waals surface area contributed by atoms with E-state index in [-0.39, 0.29) is 17.9 Å². The zero-order chi connectivity index (χ0) is 17.9. The molecule has 2 aliphatic rings. The van der Waals surface area contributed by atoms with E-state index in [2.05, 4.69) is 39.8 Å². The number of likely N-dealkylation sites (tertiary alicyclic amines) is 1. The lowest BCUT2D eigenvalue weighted by molar-refractivity contribution is 0.0907. The van der Waals surface area contributed by atoms with Crippen LogP contribution in [0.15, 0.2) is 48.5 Å². The zero-order valence-electron chi connectivity index (χ0n) is 14.7. The highest BCUT2D eigenvalue weighted by Crippen LogP contribution is 2.18. The number of carbonyl (C=O) groups excluding carboxylic acids is 2. The van der Waals surface area contributed by atoms with E-state index in [9.17, 15) is 9.59 Å². The molecule has 2 N–H and O–H groups in total. The lowest BCUT2D eigenvalue weighted by Gasteiger charge is -2.32. The van der Waals surface area contributed by atoms with Gasteiger partial charge in [-0.15, -0.1) is 0 Å². The molecule has 1 saturated heterocycles. The van der Waals surface area contributed by atoms with Crippen molar-refractivity contribution in [2.75, 3.05) is 13.1 Å². The van der Waals surface area contributed by atoms with Crippen molar-refractivity contribution < 1.29 is 9.59 Å². The van der Waals surface area contributed by atoms with E-state index >= 15 is 0 Å². The summed E-state index contributed by atoms with van der Waals surface area (Å²) in [7, 11) is 0. The third kappa shape index (κ3) is 3.63. The summed E-state index contributed by atoms with van der Waals surface area (Å²) in [5.74, 6) is -0.105. The third-order valence-corrected chi connectivity index (χ3v) is 5.22. The van der Waals surface area contributed by atoms with E-state index in [0.717, 1.165) is 38.0 Å². The maximum absolute atomic E-state index is 12.5. The maximum Gasteiger partial charge on any atom is 0.251 e. The molecule has 2 amide bonds. The van der Waals surface area contributed by atoms with Crippen LogP contribution in [0, 0.1) is 0 Å². The monoisotopic (exact) mass is 349 g/mol. The van der Waals surface area contributed by atoms with Crippen molar-refractivity contribution in [1.29, 1.82) is 0 Å². The summed E-state index contributed by atoms with van der Waals surface area (Å²) in [6.45, 7) is 3.45. The molecule has 0 atom stereocenters. The fraction of sp³-hybridized carbons (Fsp3) is 0.333. The fourth-order valence-corrected chi connectivity index (χ4v) is 3.72. The molecule has 0 radical (unpaired) electrons. The van der Waals surface area contributed by atoms with Crippen molar-refractivity contribution in [3.05, 3.63) is 70.8 Å². The van der Waals surface area contributed by atoms with Crippen molar-refractivity contribution in [2.24, 2.45) is 0 Å². The topological polar surface area (TPSA) is 61.4 Å². The van der Waals surface area contributed by atoms with Gasteiger partial charge in [-0.05, 0) is 42.2 Å². The molecular weight excluding hydrogens is 326 g/mol. The molecule has 1 fully saturated rings. The maximum atomic E-state index is 12.5. The third-order valence-electron chi connectivity index (χ3n) is 5.22. The number of rotatable bonds is 4. The molecule has 2 heterocycles. The highest BCUT2D eigenvalue weighted by atomic mass is 16.2. The van der Waals surface area contributed by atoms with E-state index in [0.29, 0.717) is 17.7 Å². The van der Waals surface area contributed by atoms with Crippen molar-refractivity contribution in [3.8, 4) is 0 Å². The van der Waals surface area contributed by atoms with Crippen molar-refractivity contribution in [3.63, 3.8) is 0 Å². The van der Waals surface area contributed by atoms with Crippen LogP contribution < -0.4 is 10.6 Å². The number of fused-ring (bicyclic) bond motifs is 1. The first-order valence-electron chi connectivity index (χ1n) is 9.17. The molecule has 5 nitrogen and oxygen atoms in total. The Morgan fingerprint density at radius 2 is 1.88 bits per heavy atom. The molecule has 0 aliphatic carbocycles. The van der Waals surface area contributed by atoms with Gasteiger partial charge < -0.3 is 10.6 Å². The van der Waals surface area contributed by atoms with Gasteiger partial charge in [-0.2, -0.15) is 0 Å². The van der Waals surface area contributed by atoms with Crippen molar-refractivity contribution in [2.45, 2.75) is 32.0 Å². The van der Waals surface area contributed by atoms with Gasteiger partial charge >= 0.3 is 0 Å². The second-order valence-electron chi connectivity index (χ2n) is 7.06. The fourth-order valence-electron chi connectivity index (χ4n) is 3.72. The van der Waals surface area contributed by atoms with E-state index in [1.165, 1.54) is 5.56 Å². The van der Waals surface area contributed by atoms with Gasteiger partial charge in [-0.3, -0.25) is 14.5 Å². The van der Waals surface area contributed by atoms with Crippen molar-refractivity contribution in [1.82, 2.24) is 15.5 Å². The van der Waals surface area contributed by atoms with Gasteiger partial charge in [-0.25, -0.2) is 0 Å². The largest absolute Gasteiger partial charge is 0.349 e. The van der Waals surface area contributed by atoms with Gasteiger partial charge in [0.1, 0.15) is 0 Å². The van der Waals surface area contributed by atoms with Crippen molar-refractivity contribution >= 4 is 11.8 Å². The molecule has 0 saturated carbocycles. The minimum Gasteiger partial charge on any atom is -0.349 e. The number of nitrogens with zero attached hydrogens (tertiary/aromatic N) is 1. The Kier molecular flexibility index (Phi) is 4.71.